The molecule has 0 atom stereocenters. The Morgan fingerprint density at radius 2 is 1.95 bits per heavy atom. The summed E-state index contributed by atoms with van der Waals surface area (Å²) in [5.41, 5.74) is 2.34. The molecular weight excluding hydrogens is 234 g/mol. The minimum atomic E-state index is 0.777. The maximum atomic E-state index is 5.81. The van der Waals surface area contributed by atoms with Gasteiger partial charge in [-0.1, -0.05) is 36.4 Å². The van der Waals surface area contributed by atoms with Crippen LogP contribution in [0.5, 0.6) is 0 Å². The minimum Gasteiger partial charge on any atom is -0.463 e. The molecule has 4 rings (SSSR count). The van der Waals surface area contributed by atoms with E-state index >= 15 is 0 Å². The third-order valence-electron chi connectivity index (χ3n) is 3.95. The van der Waals surface area contributed by atoms with Gasteiger partial charge in [0.05, 0.1) is 6.26 Å². The lowest BCUT2D eigenvalue weighted by Crippen LogP contribution is -2.19. The summed E-state index contributed by atoms with van der Waals surface area (Å²) >= 11 is 0. The van der Waals surface area contributed by atoms with Gasteiger partial charge in [-0.3, -0.25) is 0 Å². The normalized spacial score (nSPS) is 15.4. The molecule has 0 spiro atoms. The van der Waals surface area contributed by atoms with Crippen molar-refractivity contribution in [3.63, 3.8) is 0 Å². The first-order valence-corrected chi connectivity index (χ1v) is 7.03. The molecule has 96 valence electrons. The molecule has 1 aliphatic carbocycles. The summed E-state index contributed by atoms with van der Waals surface area (Å²) in [6.07, 6.45) is 5.65. The van der Waals surface area contributed by atoms with Crippen LogP contribution in [0.3, 0.4) is 0 Å². The van der Waals surface area contributed by atoms with E-state index < -0.39 is 0 Å². The fourth-order valence-electron chi connectivity index (χ4n) is 2.71. The fourth-order valence-corrected chi connectivity index (χ4v) is 2.71. The number of furan rings is 1. The van der Waals surface area contributed by atoms with Crippen LogP contribution in [0.25, 0.3) is 21.7 Å². The molecular formula is C17H17NO. The van der Waals surface area contributed by atoms with Gasteiger partial charge in [-0.05, 0) is 36.8 Å². The predicted molar refractivity (Wildman–Crippen MR) is 78.4 cm³/mol. The van der Waals surface area contributed by atoms with E-state index in [4.69, 9.17) is 4.42 Å². The Hall–Kier alpha value is -1.80. The molecule has 1 aromatic heterocycles. The molecule has 0 amide bonds. The van der Waals surface area contributed by atoms with Crippen LogP contribution in [0.2, 0.25) is 0 Å². The topological polar surface area (TPSA) is 25.2 Å². The summed E-state index contributed by atoms with van der Waals surface area (Å²) in [6.45, 7) is 1.05. The van der Waals surface area contributed by atoms with E-state index in [0.717, 1.165) is 24.6 Å². The van der Waals surface area contributed by atoms with Gasteiger partial charge in [0.15, 0.2) is 0 Å². The van der Waals surface area contributed by atoms with E-state index in [1.165, 1.54) is 34.6 Å². The van der Waals surface area contributed by atoms with E-state index in [-0.39, 0.29) is 0 Å². The molecule has 1 heterocycles. The van der Waals surface area contributed by atoms with Gasteiger partial charge in [0.25, 0.3) is 0 Å². The standard InChI is InChI=1S/C17H17NO/c1-2-4-15-12(3-1)5-8-16-13(11-19-17(15)16)9-10-18-14-6-7-14/h1-5,8,11,14,18H,6-7,9-10H2. The average Bonchev–Trinajstić information content (AvgIpc) is 3.18. The maximum absolute atomic E-state index is 5.81. The molecule has 0 radical (unpaired) electrons. The van der Waals surface area contributed by atoms with E-state index in [2.05, 4.69) is 41.7 Å². The van der Waals surface area contributed by atoms with E-state index in [0.29, 0.717) is 0 Å². The van der Waals surface area contributed by atoms with Crippen LogP contribution in [0.15, 0.2) is 47.1 Å². The molecule has 2 aromatic carbocycles. The van der Waals surface area contributed by atoms with Crippen LogP contribution in [-0.2, 0) is 6.42 Å². The van der Waals surface area contributed by atoms with Gasteiger partial charge >= 0.3 is 0 Å². The van der Waals surface area contributed by atoms with Crippen molar-refractivity contribution >= 4 is 21.7 Å². The van der Waals surface area contributed by atoms with Crippen molar-refractivity contribution in [2.24, 2.45) is 0 Å². The molecule has 2 heteroatoms. The first-order valence-electron chi connectivity index (χ1n) is 7.03. The zero-order valence-electron chi connectivity index (χ0n) is 10.9. The van der Waals surface area contributed by atoms with E-state index in [1.54, 1.807) is 0 Å². The van der Waals surface area contributed by atoms with Crippen LogP contribution >= 0.6 is 0 Å². The first-order chi connectivity index (χ1) is 9.42. The number of rotatable bonds is 4. The third kappa shape index (κ3) is 2.02. The monoisotopic (exact) mass is 251 g/mol. The lowest BCUT2D eigenvalue weighted by atomic mass is 10.0. The Kier molecular flexibility index (Phi) is 2.56. The van der Waals surface area contributed by atoms with Gasteiger partial charge in [0.1, 0.15) is 5.58 Å². The molecule has 1 fully saturated rings. The van der Waals surface area contributed by atoms with Crippen molar-refractivity contribution < 1.29 is 4.42 Å². The molecule has 19 heavy (non-hydrogen) atoms. The quantitative estimate of drug-likeness (QED) is 0.761. The molecule has 1 aliphatic rings. The summed E-state index contributed by atoms with van der Waals surface area (Å²) in [5, 5.41) is 7.27. The number of nitrogens with one attached hydrogen (secondary N) is 1. The van der Waals surface area contributed by atoms with Crippen molar-refractivity contribution in [2.75, 3.05) is 6.54 Å². The van der Waals surface area contributed by atoms with Crippen LogP contribution in [0.4, 0.5) is 0 Å². The second-order valence-electron chi connectivity index (χ2n) is 5.40. The Bertz CT molecular complexity index is 724. The van der Waals surface area contributed by atoms with Crippen molar-refractivity contribution in [2.45, 2.75) is 25.3 Å². The lowest BCUT2D eigenvalue weighted by Gasteiger charge is -2.02. The third-order valence-corrected chi connectivity index (χ3v) is 3.95. The highest BCUT2D eigenvalue weighted by molar-refractivity contribution is 6.05. The predicted octanol–water partition coefficient (Wildman–Crippen LogP) is 3.88. The Labute approximate surface area is 112 Å². The van der Waals surface area contributed by atoms with Gasteiger partial charge in [0.2, 0.25) is 0 Å². The van der Waals surface area contributed by atoms with Crippen molar-refractivity contribution in [1.29, 1.82) is 0 Å². The molecule has 0 unspecified atom stereocenters. The average molecular weight is 251 g/mol. The van der Waals surface area contributed by atoms with Gasteiger partial charge in [-0.15, -0.1) is 0 Å². The summed E-state index contributed by atoms with van der Waals surface area (Å²) in [7, 11) is 0. The zero-order valence-corrected chi connectivity index (χ0v) is 10.9. The largest absolute Gasteiger partial charge is 0.463 e. The number of hydrogen-bond acceptors (Lipinski definition) is 2. The molecule has 0 saturated heterocycles. The van der Waals surface area contributed by atoms with Crippen LogP contribution in [-0.4, -0.2) is 12.6 Å². The van der Waals surface area contributed by atoms with Gasteiger partial charge in [0, 0.05) is 16.8 Å². The van der Waals surface area contributed by atoms with Crippen molar-refractivity contribution in [3.8, 4) is 0 Å². The number of fused-ring (bicyclic) bond motifs is 3. The van der Waals surface area contributed by atoms with Crippen LogP contribution in [0.1, 0.15) is 18.4 Å². The Morgan fingerprint density at radius 1 is 1.05 bits per heavy atom. The van der Waals surface area contributed by atoms with Crippen LogP contribution < -0.4 is 5.32 Å². The van der Waals surface area contributed by atoms with Crippen LogP contribution in [0, 0.1) is 0 Å². The second-order valence-corrected chi connectivity index (χ2v) is 5.40. The number of hydrogen-bond donors (Lipinski definition) is 1. The highest BCUT2D eigenvalue weighted by Crippen LogP contribution is 2.29. The highest BCUT2D eigenvalue weighted by Gasteiger charge is 2.20. The van der Waals surface area contributed by atoms with E-state index in [1.807, 2.05) is 6.26 Å². The Balaban J connectivity index is 1.69. The lowest BCUT2D eigenvalue weighted by molar-refractivity contribution is 0.608. The van der Waals surface area contributed by atoms with Crippen molar-refractivity contribution in [3.05, 3.63) is 48.2 Å². The van der Waals surface area contributed by atoms with Gasteiger partial charge in [-0.2, -0.15) is 0 Å². The SMILES string of the molecule is c1ccc2c(c1)ccc1c(CCNC3CC3)coc12. The van der Waals surface area contributed by atoms with Gasteiger partial charge < -0.3 is 9.73 Å². The van der Waals surface area contributed by atoms with Gasteiger partial charge in [-0.25, -0.2) is 0 Å². The summed E-state index contributed by atoms with van der Waals surface area (Å²) in [4.78, 5) is 0. The molecule has 0 bridgehead atoms. The molecule has 3 aromatic rings. The minimum absolute atomic E-state index is 0.777. The van der Waals surface area contributed by atoms with E-state index in [9.17, 15) is 0 Å². The molecule has 1 saturated carbocycles. The highest BCUT2D eigenvalue weighted by atomic mass is 16.3. The van der Waals surface area contributed by atoms with Crippen molar-refractivity contribution in [1.82, 2.24) is 5.32 Å². The second kappa shape index (κ2) is 4.39. The Morgan fingerprint density at radius 3 is 2.84 bits per heavy atom. The molecule has 2 nitrogen and oxygen atoms in total. The summed E-state index contributed by atoms with van der Waals surface area (Å²) in [5.74, 6) is 0. The fraction of sp³-hybridized carbons (Fsp3) is 0.294. The zero-order chi connectivity index (χ0) is 12.7. The molecule has 0 aliphatic heterocycles. The summed E-state index contributed by atoms with van der Waals surface area (Å²) < 4.78 is 5.81. The first kappa shape index (κ1) is 11.1. The maximum Gasteiger partial charge on any atom is 0.141 e. The number of benzene rings is 2. The summed E-state index contributed by atoms with van der Waals surface area (Å²) in [6, 6.07) is 13.5. The molecule has 1 N–H and O–H groups in total. The smallest absolute Gasteiger partial charge is 0.141 e.